The number of hydrogen-bond acceptors (Lipinski definition) is 4. The van der Waals surface area contributed by atoms with Crippen molar-refractivity contribution in [1.29, 1.82) is 0 Å². The van der Waals surface area contributed by atoms with Crippen molar-refractivity contribution >= 4 is 17.7 Å². The Bertz CT molecular complexity index is 729. The van der Waals surface area contributed by atoms with E-state index in [-0.39, 0.29) is 5.91 Å². The molecular weight excluding hydrogens is 342 g/mol. The lowest BCUT2D eigenvalue weighted by Gasteiger charge is -2.28. The molecule has 0 saturated carbocycles. The number of likely N-dealkylation sites (tertiary alicyclic amines) is 2. The fourth-order valence-electron chi connectivity index (χ4n) is 3.93. The normalized spacial score (nSPS) is 20.6. The molecule has 0 spiro atoms. The summed E-state index contributed by atoms with van der Waals surface area (Å²) >= 11 is 1.69. The highest BCUT2D eigenvalue weighted by Crippen LogP contribution is 2.28. The first-order valence-electron chi connectivity index (χ1n) is 9.51. The Morgan fingerprint density at radius 3 is 2.38 bits per heavy atom. The number of hydrogen-bond donors (Lipinski definition) is 0. The molecule has 26 heavy (non-hydrogen) atoms. The van der Waals surface area contributed by atoms with Crippen molar-refractivity contribution in [3.05, 3.63) is 54.4 Å². The van der Waals surface area contributed by atoms with E-state index in [1.165, 1.54) is 25.9 Å². The molecule has 2 aromatic rings. The summed E-state index contributed by atoms with van der Waals surface area (Å²) in [5.74, 6) is 0.187. The van der Waals surface area contributed by atoms with E-state index in [9.17, 15) is 4.79 Å². The van der Waals surface area contributed by atoms with Gasteiger partial charge in [-0.1, -0.05) is 11.8 Å². The van der Waals surface area contributed by atoms with E-state index >= 15 is 0 Å². The highest BCUT2D eigenvalue weighted by Gasteiger charge is 2.31. The Kier molecular flexibility index (Phi) is 5.56. The molecule has 0 N–H and O–H groups in total. The molecule has 0 bridgehead atoms. The summed E-state index contributed by atoms with van der Waals surface area (Å²) in [6.07, 6.45) is 8.47. The van der Waals surface area contributed by atoms with Gasteiger partial charge in [0, 0.05) is 46.9 Å². The average molecular weight is 368 g/mol. The summed E-state index contributed by atoms with van der Waals surface area (Å²) in [5, 5.41) is 0. The van der Waals surface area contributed by atoms with Crippen LogP contribution < -0.4 is 0 Å². The monoisotopic (exact) mass is 367 g/mol. The molecule has 1 aromatic heterocycles. The Morgan fingerprint density at radius 1 is 0.962 bits per heavy atom. The smallest absolute Gasteiger partial charge is 0.254 e. The highest BCUT2D eigenvalue weighted by molar-refractivity contribution is 7.99. The van der Waals surface area contributed by atoms with Gasteiger partial charge in [0.05, 0.1) is 0 Å². The average Bonchev–Trinajstić information content (AvgIpc) is 3.35. The van der Waals surface area contributed by atoms with Gasteiger partial charge in [0.15, 0.2) is 0 Å². The SMILES string of the molecule is O=C(c1ccc(Sc2ccncc2)cc1)N1CCCC1CN1CCCC1. The van der Waals surface area contributed by atoms with E-state index in [2.05, 4.69) is 14.8 Å². The van der Waals surface area contributed by atoms with E-state index in [4.69, 9.17) is 0 Å². The van der Waals surface area contributed by atoms with Crippen molar-refractivity contribution < 1.29 is 4.79 Å². The third-order valence-corrected chi connectivity index (χ3v) is 6.31. The van der Waals surface area contributed by atoms with Crippen molar-refractivity contribution in [1.82, 2.24) is 14.8 Å². The van der Waals surface area contributed by atoms with Crippen LogP contribution in [0.15, 0.2) is 58.6 Å². The first-order chi connectivity index (χ1) is 12.8. The molecular formula is C21H25N3OS. The number of nitrogens with zero attached hydrogens (tertiary/aromatic N) is 3. The Hall–Kier alpha value is -1.85. The molecule has 1 unspecified atom stereocenters. The van der Waals surface area contributed by atoms with Crippen molar-refractivity contribution in [3.8, 4) is 0 Å². The molecule has 4 nitrogen and oxygen atoms in total. The third kappa shape index (κ3) is 4.10. The summed E-state index contributed by atoms with van der Waals surface area (Å²) in [6, 6.07) is 12.4. The van der Waals surface area contributed by atoms with Gasteiger partial charge in [0.2, 0.25) is 0 Å². The van der Waals surface area contributed by atoms with Crippen LogP contribution in [0, 0.1) is 0 Å². The number of aromatic nitrogens is 1. The molecule has 1 atom stereocenters. The van der Waals surface area contributed by atoms with E-state index in [0.717, 1.165) is 41.3 Å². The number of pyridine rings is 1. The number of rotatable bonds is 5. The predicted octanol–water partition coefficient (Wildman–Crippen LogP) is 3.93. The number of carbonyl (C=O) groups is 1. The maximum absolute atomic E-state index is 13.0. The molecule has 1 amide bonds. The third-order valence-electron chi connectivity index (χ3n) is 5.29. The van der Waals surface area contributed by atoms with Gasteiger partial charge in [-0.25, -0.2) is 0 Å². The molecule has 2 aliphatic rings. The molecule has 0 radical (unpaired) electrons. The fraction of sp³-hybridized carbons (Fsp3) is 0.429. The van der Waals surface area contributed by atoms with Gasteiger partial charge in [-0.15, -0.1) is 0 Å². The lowest BCUT2D eigenvalue weighted by Crippen LogP contribution is -2.42. The van der Waals surface area contributed by atoms with Crippen molar-refractivity contribution in [2.24, 2.45) is 0 Å². The van der Waals surface area contributed by atoms with Gasteiger partial charge in [0.25, 0.3) is 5.91 Å². The second kappa shape index (κ2) is 8.23. The zero-order valence-corrected chi connectivity index (χ0v) is 15.8. The Balaban J connectivity index is 1.40. The predicted molar refractivity (Wildman–Crippen MR) is 105 cm³/mol. The van der Waals surface area contributed by atoms with Crippen LogP contribution in [0.5, 0.6) is 0 Å². The summed E-state index contributed by atoms with van der Waals surface area (Å²) in [7, 11) is 0. The molecule has 0 aliphatic carbocycles. The van der Waals surface area contributed by atoms with Gasteiger partial charge in [-0.05, 0) is 75.2 Å². The standard InChI is InChI=1S/C21H25N3OS/c25-21(24-15-3-4-18(24)16-23-13-1-2-14-23)17-5-7-19(8-6-17)26-20-9-11-22-12-10-20/h5-12,18H,1-4,13-16H2. The molecule has 3 heterocycles. The summed E-state index contributed by atoms with van der Waals surface area (Å²) < 4.78 is 0. The van der Waals surface area contributed by atoms with Gasteiger partial charge in [-0.3, -0.25) is 9.78 Å². The van der Waals surface area contributed by atoms with E-state index in [1.807, 2.05) is 36.4 Å². The van der Waals surface area contributed by atoms with Crippen LogP contribution in [0.1, 0.15) is 36.0 Å². The highest BCUT2D eigenvalue weighted by atomic mass is 32.2. The molecule has 2 saturated heterocycles. The molecule has 4 rings (SSSR count). The van der Waals surface area contributed by atoms with Crippen molar-refractivity contribution in [2.45, 2.75) is 41.5 Å². The van der Waals surface area contributed by atoms with E-state index in [1.54, 1.807) is 24.2 Å². The Labute approximate surface area is 159 Å². The van der Waals surface area contributed by atoms with Crippen molar-refractivity contribution in [2.75, 3.05) is 26.2 Å². The quantitative estimate of drug-likeness (QED) is 0.802. The van der Waals surface area contributed by atoms with Gasteiger partial charge in [0.1, 0.15) is 0 Å². The minimum absolute atomic E-state index is 0.187. The zero-order valence-electron chi connectivity index (χ0n) is 15.0. The topological polar surface area (TPSA) is 36.4 Å². The fourth-order valence-corrected chi connectivity index (χ4v) is 4.73. The molecule has 5 heteroatoms. The minimum atomic E-state index is 0.187. The molecule has 136 valence electrons. The second-order valence-corrected chi connectivity index (χ2v) is 8.26. The Morgan fingerprint density at radius 2 is 1.65 bits per heavy atom. The lowest BCUT2D eigenvalue weighted by atomic mass is 10.1. The minimum Gasteiger partial charge on any atom is -0.334 e. The van der Waals surface area contributed by atoms with Crippen LogP contribution in [0.25, 0.3) is 0 Å². The van der Waals surface area contributed by atoms with Crippen LogP contribution in [0.3, 0.4) is 0 Å². The van der Waals surface area contributed by atoms with Gasteiger partial charge < -0.3 is 9.80 Å². The summed E-state index contributed by atoms with van der Waals surface area (Å²) in [4.78, 5) is 24.0. The maximum atomic E-state index is 13.0. The van der Waals surface area contributed by atoms with Crippen LogP contribution in [-0.4, -0.2) is 52.9 Å². The lowest BCUT2D eigenvalue weighted by molar-refractivity contribution is 0.0708. The van der Waals surface area contributed by atoms with Crippen LogP contribution in [0.4, 0.5) is 0 Å². The molecule has 2 aliphatic heterocycles. The maximum Gasteiger partial charge on any atom is 0.254 e. The molecule has 1 aromatic carbocycles. The summed E-state index contributed by atoms with van der Waals surface area (Å²) in [5.41, 5.74) is 0.803. The van der Waals surface area contributed by atoms with Crippen LogP contribution in [-0.2, 0) is 0 Å². The second-order valence-electron chi connectivity index (χ2n) is 7.11. The number of amides is 1. The van der Waals surface area contributed by atoms with Crippen molar-refractivity contribution in [3.63, 3.8) is 0 Å². The van der Waals surface area contributed by atoms with Crippen LogP contribution >= 0.6 is 11.8 Å². The van der Waals surface area contributed by atoms with Gasteiger partial charge in [-0.2, -0.15) is 0 Å². The van der Waals surface area contributed by atoms with E-state index < -0.39 is 0 Å². The zero-order chi connectivity index (χ0) is 17.8. The molecule has 2 fully saturated rings. The largest absolute Gasteiger partial charge is 0.334 e. The first kappa shape index (κ1) is 17.6. The number of benzene rings is 1. The number of carbonyl (C=O) groups excluding carboxylic acids is 1. The van der Waals surface area contributed by atoms with E-state index in [0.29, 0.717) is 6.04 Å². The summed E-state index contributed by atoms with van der Waals surface area (Å²) in [6.45, 7) is 4.32. The van der Waals surface area contributed by atoms with Gasteiger partial charge >= 0.3 is 0 Å². The first-order valence-corrected chi connectivity index (χ1v) is 10.3. The van der Waals surface area contributed by atoms with Crippen LogP contribution in [0.2, 0.25) is 0 Å².